The third kappa shape index (κ3) is 2.69. The minimum Gasteiger partial charge on any atom is -0.462 e. The van der Waals surface area contributed by atoms with Gasteiger partial charge in [-0.15, -0.1) is 11.3 Å². The summed E-state index contributed by atoms with van der Waals surface area (Å²) >= 11 is 1.36. The Morgan fingerprint density at radius 1 is 1.58 bits per heavy atom. The minimum absolute atomic E-state index is 0.107. The van der Waals surface area contributed by atoms with Crippen LogP contribution in [0.3, 0.4) is 0 Å². The topological polar surface area (TPSA) is 66.6 Å². The van der Waals surface area contributed by atoms with Gasteiger partial charge < -0.3 is 14.4 Å². The van der Waals surface area contributed by atoms with Gasteiger partial charge in [-0.3, -0.25) is 4.79 Å². The maximum absolute atomic E-state index is 12.3. The SMILES string of the molecule is CN(C(=O)c1csc(-c2ccco2)n1)C(C)(C)CO. The van der Waals surface area contributed by atoms with Crippen LogP contribution in [-0.2, 0) is 0 Å². The Kier molecular flexibility index (Phi) is 3.73. The lowest BCUT2D eigenvalue weighted by molar-refractivity contribution is 0.0468. The lowest BCUT2D eigenvalue weighted by atomic mass is 10.1. The number of hydrogen-bond acceptors (Lipinski definition) is 5. The van der Waals surface area contributed by atoms with E-state index in [-0.39, 0.29) is 12.5 Å². The molecule has 0 fully saturated rings. The van der Waals surface area contributed by atoms with Gasteiger partial charge in [0.25, 0.3) is 5.91 Å². The number of likely N-dealkylation sites (N-methyl/N-ethyl adjacent to an activating group) is 1. The van der Waals surface area contributed by atoms with Gasteiger partial charge >= 0.3 is 0 Å². The molecule has 0 atom stereocenters. The highest BCUT2D eigenvalue weighted by atomic mass is 32.1. The maximum atomic E-state index is 12.3. The average Bonchev–Trinajstić information content (AvgIpc) is 3.06. The fraction of sp³-hybridized carbons (Fsp3) is 0.385. The van der Waals surface area contributed by atoms with Gasteiger partial charge in [0.2, 0.25) is 0 Å². The third-order valence-electron chi connectivity index (χ3n) is 3.05. The summed E-state index contributed by atoms with van der Waals surface area (Å²) in [6, 6.07) is 3.58. The Hall–Kier alpha value is -1.66. The van der Waals surface area contributed by atoms with Crippen LogP contribution in [0.15, 0.2) is 28.2 Å². The first-order chi connectivity index (χ1) is 8.95. The number of carbonyl (C=O) groups is 1. The van der Waals surface area contributed by atoms with E-state index in [0.29, 0.717) is 16.5 Å². The molecule has 0 saturated carbocycles. The highest BCUT2D eigenvalue weighted by molar-refractivity contribution is 7.13. The lowest BCUT2D eigenvalue weighted by Gasteiger charge is -2.33. The standard InChI is InChI=1S/C13H16N2O3S/c1-13(2,8-16)15(3)12(17)9-7-19-11(14-9)10-5-4-6-18-10/h4-7,16H,8H2,1-3H3. The van der Waals surface area contributed by atoms with Crippen LogP contribution in [0.25, 0.3) is 10.8 Å². The molecule has 102 valence electrons. The van der Waals surface area contributed by atoms with Crippen LogP contribution in [0.1, 0.15) is 24.3 Å². The molecule has 0 spiro atoms. The molecule has 0 unspecified atom stereocenters. The fourth-order valence-electron chi connectivity index (χ4n) is 1.44. The smallest absolute Gasteiger partial charge is 0.273 e. The quantitative estimate of drug-likeness (QED) is 0.932. The molecule has 19 heavy (non-hydrogen) atoms. The zero-order valence-electron chi connectivity index (χ0n) is 11.1. The van der Waals surface area contributed by atoms with Gasteiger partial charge in [0, 0.05) is 12.4 Å². The zero-order valence-corrected chi connectivity index (χ0v) is 11.9. The summed E-state index contributed by atoms with van der Waals surface area (Å²) in [6.45, 7) is 3.49. The number of aromatic nitrogens is 1. The van der Waals surface area contributed by atoms with E-state index in [9.17, 15) is 9.90 Å². The second-order valence-electron chi connectivity index (χ2n) is 4.85. The largest absolute Gasteiger partial charge is 0.462 e. The minimum atomic E-state index is -0.619. The number of rotatable bonds is 4. The van der Waals surface area contributed by atoms with E-state index in [0.717, 1.165) is 0 Å². The monoisotopic (exact) mass is 280 g/mol. The van der Waals surface area contributed by atoms with Crippen LogP contribution < -0.4 is 0 Å². The van der Waals surface area contributed by atoms with Crippen molar-refractivity contribution in [2.45, 2.75) is 19.4 Å². The molecule has 0 aliphatic heterocycles. The van der Waals surface area contributed by atoms with Crippen molar-refractivity contribution < 1.29 is 14.3 Å². The van der Waals surface area contributed by atoms with Crippen molar-refractivity contribution in [1.82, 2.24) is 9.88 Å². The molecule has 2 aromatic rings. The summed E-state index contributed by atoms with van der Waals surface area (Å²) < 4.78 is 5.24. The zero-order chi connectivity index (χ0) is 14.0. The first-order valence-electron chi connectivity index (χ1n) is 5.84. The highest BCUT2D eigenvalue weighted by Crippen LogP contribution is 2.25. The number of aliphatic hydroxyl groups excluding tert-OH is 1. The van der Waals surface area contributed by atoms with E-state index in [1.165, 1.54) is 16.2 Å². The molecule has 2 rings (SSSR count). The molecule has 1 amide bonds. The number of aliphatic hydroxyl groups is 1. The Labute approximate surface area is 115 Å². The van der Waals surface area contributed by atoms with Gasteiger partial charge in [-0.05, 0) is 26.0 Å². The summed E-state index contributed by atoms with van der Waals surface area (Å²) in [5.41, 5.74) is -0.258. The van der Waals surface area contributed by atoms with E-state index >= 15 is 0 Å². The number of hydrogen-bond donors (Lipinski definition) is 1. The Morgan fingerprint density at radius 2 is 2.32 bits per heavy atom. The summed E-state index contributed by atoms with van der Waals surface area (Å²) in [5.74, 6) is 0.432. The van der Waals surface area contributed by atoms with Gasteiger partial charge in [-0.25, -0.2) is 4.98 Å². The molecule has 6 heteroatoms. The summed E-state index contributed by atoms with van der Waals surface area (Å²) in [6.07, 6.45) is 1.57. The second kappa shape index (κ2) is 5.14. The van der Waals surface area contributed by atoms with Crippen molar-refractivity contribution in [3.63, 3.8) is 0 Å². The molecule has 2 heterocycles. The normalized spacial score (nSPS) is 11.6. The number of furan rings is 1. The lowest BCUT2D eigenvalue weighted by Crippen LogP contribution is -2.47. The van der Waals surface area contributed by atoms with E-state index in [1.54, 1.807) is 44.7 Å². The van der Waals surface area contributed by atoms with Gasteiger partial charge in [0.1, 0.15) is 5.69 Å². The van der Waals surface area contributed by atoms with E-state index in [2.05, 4.69) is 4.98 Å². The van der Waals surface area contributed by atoms with Gasteiger partial charge in [0.15, 0.2) is 10.8 Å². The molecule has 1 N–H and O–H groups in total. The number of amides is 1. The van der Waals surface area contributed by atoms with Crippen LogP contribution in [-0.4, -0.2) is 40.1 Å². The summed E-state index contributed by atoms with van der Waals surface area (Å²) in [5, 5.41) is 11.7. The Morgan fingerprint density at radius 3 is 2.89 bits per heavy atom. The van der Waals surface area contributed by atoms with Crippen molar-refractivity contribution in [2.75, 3.05) is 13.7 Å². The predicted octanol–water partition coefficient (Wildman–Crippen LogP) is 2.25. The Balaban J connectivity index is 2.21. The van der Waals surface area contributed by atoms with Gasteiger partial charge in [-0.1, -0.05) is 0 Å². The molecular weight excluding hydrogens is 264 g/mol. The Bertz CT molecular complexity index is 560. The summed E-state index contributed by atoms with van der Waals surface area (Å²) in [7, 11) is 1.66. The molecule has 0 bridgehead atoms. The van der Waals surface area contributed by atoms with E-state index in [4.69, 9.17) is 4.42 Å². The maximum Gasteiger partial charge on any atom is 0.273 e. The number of nitrogens with zero attached hydrogens (tertiary/aromatic N) is 2. The first-order valence-corrected chi connectivity index (χ1v) is 6.72. The molecule has 0 aliphatic rings. The third-order valence-corrected chi connectivity index (χ3v) is 3.91. The molecule has 5 nitrogen and oxygen atoms in total. The molecule has 0 radical (unpaired) electrons. The highest BCUT2D eigenvalue weighted by Gasteiger charge is 2.29. The number of thiazole rings is 1. The van der Waals surface area contributed by atoms with Crippen LogP contribution in [0.5, 0.6) is 0 Å². The van der Waals surface area contributed by atoms with Gasteiger partial charge in [0.05, 0.1) is 18.4 Å². The average molecular weight is 280 g/mol. The van der Waals surface area contributed by atoms with Crippen LogP contribution in [0.2, 0.25) is 0 Å². The fourth-order valence-corrected chi connectivity index (χ4v) is 2.20. The van der Waals surface area contributed by atoms with E-state index < -0.39 is 5.54 Å². The van der Waals surface area contributed by atoms with E-state index in [1.807, 2.05) is 0 Å². The van der Waals surface area contributed by atoms with Crippen molar-refractivity contribution in [1.29, 1.82) is 0 Å². The summed E-state index contributed by atoms with van der Waals surface area (Å²) in [4.78, 5) is 18.0. The van der Waals surface area contributed by atoms with Crippen molar-refractivity contribution >= 4 is 17.2 Å². The van der Waals surface area contributed by atoms with Crippen molar-refractivity contribution in [3.8, 4) is 10.8 Å². The van der Waals surface area contributed by atoms with Crippen LogP contribution in [0, 0.1) is 0 Å². The first kappa shape index (κ1) is 13.8. The number of carbonyl (C=O) groups excluding carboxylic acids is 1. The molecule has 0 aromatic carbocycles. The molecular formula is C13H16N2O3S. The second-order valence-corrected chi connectivity index (χ2v) is 5.71. The molecule has 0 saturated heterocycles. The predicted molar refractivity (Wildman–Crippen MR) is 73.1 cm³/mol. The van der Waals surface area contributed by atoms with Crippen molar-refractivity contribution in [3.05, 3.63) is 29.5 Å². The molecule has 0 aliphatic carbocycles. The molecule has 2 aromatic heterocycles. The van der Waals surface area contributed by atoms with Gasteiger partial charge in [-0.2, -0.15) is 0 Å². The van der Waals surface area contributed by atoms with Crippen LogP contribution in [0.4, 0.5) is 0 Å². The van der Waals surface area contributed by atoms with Crippen LogP contribution >= 0.6 is 11.3 Å². The van der Waals surface area contributed by atoms with Crippen molar-refractivity contribution in [2.24, 2.45) is 0 Å².